The molecule has 1 aromatic carbocycles. The topological polar surface area (TPSA) is 59.6 Å². The Hall–Kier alpha value is -1.26. The number of nitrogens with two attached hydrogens (primary N) is 1. The summed E-state index contributed by atoms with van der Waals surface area (Å²) in [5, 5.41) is 0.643. The molecule has 0 bridgehead atoms. The molecule has 0 unspecified atom stereocenters. The quantitative estimate of drug-likeness (QED) is 0.296. The van der Waals surface area contributed by atoms with Gasteiger partial charge in [-0.25, -0.2) is 5.84 Å². The van der Waals surface area contributed by atoms with E-state index in [2.05, 4.69) is 5.43 Å². The normalized spacial score (nSPS) is 17.6. The summed E-state index contributed by atoms with van der Waals surface area (Å²) < 4.78 is 5.36. The van der Waals surface area contributed by atoms with Crippen molar-refractivity contribution in [1.29, 1.82) is 0 Å². The summed E-state index contributed by atoms with van der Waals surface area (Å²) in [6.45, 7) is 0. The number of hydrogen-bond donors (Lipinski definition) is 2. The van der Waals surface area contributed by atoms with Crippen LogP contribution in [-0.2, 0) is 0 Å². The predicted molar refractivity (Wildman–Crippen MR) is 83.4 cm³/mol. The van der Waals surface area contributed by atoms with Crippen molar-refractivity contribution in [3.05, 3.63) is 28.8 Å². The second kappa shape index (κ2) is 7.50. The zero-order chi connectivity index (χ0) is 14.4. The van der Waals surface area contributed by atoms with E-state index >= 15 is 0 Å². The minimum atomic E-state index is 0.326. The summed E-state index contributed by atoms with van der Waals surface area (Å²) in [6.07, 6.45) is 7.31. The van der Waals surface area contributed by atoms with Crippen molar-refractivity contribution >= 4 is 17.4 Å². The zero-order valence-corrected chi connectivity index (χ0v) is 12.6. The number of nitrogens with zero attached hydrogens (tertiary/aromatic N) is 1. The number of amidine groups is 1. The number of rotatable bonds is 3. The minimum absolute atomic E-state index is 0.326. The molecule has 1 aromatic rings. The highest BCUT2D eigenvalue weighted by molar-refractivity contribution is 6.31. The van der Waals surface area contributed by atoms with Gasteiger partial charge in [0.15, 0.2) is 0 Å². The fraction of sp³-hybridized carbons (Fsp3) is 0.533. The van der Waals surface area contributed by atoms with Gasteiger partial charge in [-0.05, 0) is 31.0 Å². The minimum Gasteiger partial charge on any atom is -0.496 e. The second-order valence-electron chi connectivity index (χ2n) is 5.11. The molecule has 0 spiro atoms. The smallest absolute Gasteiger partial charge is 0.146 e. The van der Waals surface area contributed by atoms with Crippen molar-refractivity contribution in [1.82, 2.24) is 5.43 Å². The third-order valence-corrected chi connectivity index (χ3v) is 3.92. The number of halogens is 1. The van der Waals surface area contributed by atoms with Crippen LogP contribution in [0, 0.1) is 0 Å². The van der Waals surface area contributed by atoms with Gasteiger partial charge >= 0.3 is 0 Å². The van der Waals surface area contributed by atoms with Gasteiger partial charge in [-0.3, -0.25) is 4.99 Å². The molecule has 2 rings (SSSR count). The van der Waals surface area contributed by atoms with Crippen molar-refractivity contribution in [2.24, 2.45) is 10.8 Å². The summed E-state index contributed by atoms with van der Waals surface area (Å²) in [5.41, 5.74) is 3.51. The van der Waals surface area contributed by atoms with Crippen molar-refractivity contribution in [2.75, 3.05) is 7.11 Å². The summed E-state index contributed by atoms with van der Waals surface area (Å²) in [7, 11) is 1.63. The fourth-order valence-corrected chi connectivity index (χ4v) is 2.79. The van der Waals surface area contributed by atoms with Crippen molar-refractivity contribution in [3.8, 4) is 5.75 Å². The van der Waals surface area contributed by atoms with Crippen LogP contribution < -0.4 is 16.0 Å². The molecule has 0 heterocycles. The Morgan fingerprint density at radius 2 is 2.00 bits per heavy atom. The number of nitrogens with one attached hydrogen (secondary N) is 1. The first kappa shape index (κ1) is 15.1. The highest BCUT2D eigenvalue weighted by atomic mass is 35.5. The molecule has 0 saturated heterocycles. The van der Waals surface area contributed by atoms with E-state index in [1.54, 1.807) is 13.2 Å². The SMILES string of the molecule is COc1ccc(Cl)cc1C(=NC1CCCCCC1)NN. The first-order valence-corrected chi connectivity index (χ1v) is 7.50. The molecule has 0 aliphatic heterocycles. The number of ether oxygens (including phenoxy) is 1. The van der Waals surface area contributed by atoms with Crippen LogP contribution in [-0.4, -0.2) is 19.0 Å². The maximum absolute atomic E-state index is 6.06. The number of hydrazine groups is 1. The van der Waals surface area contributed by atoms with Gasteiger partial charge in [-0.2, -0.15) is 0 Å². The summed E-state index contributed by atoms with van der Waals surface area (Å²) in [5.74, 6) is 7.03. The van der Waals surface area contributed by atoms with E-state index < -0.39 is 0 Å². The van der Waals surface area contributed by atoms with Crippen LogP contribution in [0.15, 0.2) is 23.2 Å². The lowest BCUT2D eigenvalue weighted by Crippen LogP contribution is -2.32. The molecule has 5 heteroatoms. The van der Waals surface area contributed by atoms with Gasteiger partial charge in [0.25, 0.3) is 0 Å². The molecule has 4 nitrogen and oxygen atoms in total. The maximum Gasteiger partial charge on any atom is 0.146 e. The Morgan fingerprint density at radius 3 is 2.60 bits per heavy atom. The Labute approximate surface area is 125 Å². The maximum atomic E-state index is 6.06. The summed E-state index contributed by atoms with van der Waals surface area (Å²) in [6, 6.07) is 5.78. The van der Waals surface area contributed by atoms with Gasteiger partial charge in [-0.15, -0.1) is 0 Å². The van der Waals surface area contributed by atoms with E-state index in [-0.39, 0.29) is 0 Å². The number of benzene rings is 1. The highest BCUT2D eigenvalue weighted by Gasteiger charge is 2.15. The van der Waals surface area contributed by atoms with Gasteiger partial charge in [0.2, 0.25) is 0 Å². The molecule has 1 aliphatic carbocycles. The van der Waals surface area contributed by atoms with Crippen molar-refractivity contribution in [2.45, 2.75) is 44.6 Å². The molecule has 3 N–H and O–H groups in total. The van der Waals surface area contributed by atoms with Gasteiger partial charge in [0.05, 0.1) is 18.7 Å². The molecular weight excluding hydrogens is 274 g/mol. The summed E-state index contributed by atoms with van der Waals surface area (Å²) >= 11 is 6.06. The standard InChI is InChI=1S/C15H22ClN3O/c1-20-14-9-8-11(16)10-13(14)15(19-17)18-12-6-4-2-3-5-7-12/h8-10,12H,2-7,17H2,1H3,(H,18,19). The van der Waals surface area contributed by atoms with Crippen LogP contribution >= 0.6 is 11.6 Å². The van der Waals surface area contributed by atoms with Crippen LogP contribution in [0.3, 0.4) is 0 Å². The molecular formula is C15H22ClN3O. The Bertz CT molecular complexity index is 468. The third-order valence-electron chi connectivity index (χ3n) is 3.69. The lowest BCUT2D eigenvalue weighted by atomic mass is 10.1. The van der Waals surface area contributed by atoms with E-state index in [0.29, 0.717) is 16.9 Å². The Kier molecular flexibility index (Phi) is 5.68. The first-order chi connectivity index (χ1) is 9.74. The lowest BCUT2D eigenvalue weighted by Gasteiger charge is -2.15. The molecule has 0 radical (unpaired) electrons. The monoisotopic (exact) mass is 295 g/mol. The zero-order valence-electron chi connectivity index (χ0n) is 11.9. The average Bonchev–Trinajstić information content (AvgIpc) is 2.73. The van der Waals surface area contributed by atoms with E-state index in [1.807, 2.05) is 12.1 Å². The van der Waals surface area contributed by atoms with Gasteiger partial charge < -0.3 is 10.2 Å². The number of methoxy groups -OCH3 is 1. The van der Waals surface area contributed by atoms with Gasteiger partial charge in [-0.1, -0.05) is 37.3 Å². The highest BCUT2D eigenvalue weighted by Crippen LogP contribution is 2.25. The van der Waals surface area contributed by atoms with Gasteiger partial charge in [0.1, 0.15) is 11.6 Å². The number of hydrogen-bond acceptors (Lipinski definition) is 3. The molecule has 20 heavy (non-hydrogen) atoms. The molecule has 0 atom stereocenters. The van der Waals surface area contributed by atoms with Crippen LogP contribution in [0.5, 0.6) is 5.75 Å². The van der Waals surface area contributed by atoms with Crippen LogP contribution in [0.25, 0.3) is 0 Å². The molecule has 1 aliphatic rings. The Balaban J connectivity index is 2.28. The number of aliphatic imine (C=N–C) groups is 1. The third kappa shape index (κ3) is 3.87. The van der Waals surface area contributed by atoms with Crippen molar-refractivity contribution in [3.63, 3.8) is 0 Å². The largest absolute Gasteiger partial charge is 0.496 e. The van der Waals surface area contributed by atoms with E-state index in [9.17, 15) is 0 Å². The second-order valence-corrected chi connectivity index (χ2v) is 5.55. The lowest BCUT2D eigenvalue weighted by molar-refractivity contribution is 0.413. The molecule has 0 amide bonds. The van der Waals surface area contributed by atoms with E-state index in [4.69, 9.17) is 27.2 Å². The van der Waals surface area contributed by atoms with Gasteiger partial charge in [0, 0.05) is 5.02 Å². The molecule has 110 valence electrons. The van der Waals surface area contributed by atoms with E-state index in [1.165, 1.54) is 25.7 Å². The van der Waals surface area contributed by atoms with Crippen LogP contribution in [0.4, 0.5) is 0 Å². The Morgan fingerprint density at radius 1 is 1.30 bits per heavy atom. The summed E-state index contributed by atoms with van der Waals surface area (Å²) in [4.78, 5) is 4.78. The molecule has 1 saturated carbocycles. The van der Waals surface area contributed by atoms with Crippen LogP contribution in [0.2, 0.25) is 5.02 Å². The average molecular weight is 296 g/mol. The predicted octanol–water partition coefficient (Wildman–Crippen LogP) is 3.28. The fourth-order valence-electron chi connectivity index (χ4n) is 2.62. The molecule has 0 aromatic heterocycles. The molecule has 1 fully saturated rings. The van der Waals surface area contributed by atoms with Crippen molar-refractivity contribution < 1.29 is 4.74 Å². The first-order valence-electron chi connectivity index (χ1n) is 7.13. The van der Waals surface area contributed by atoms with Crippen LogP contribution in [0.1, 0.15) is 44.1 Å². The van der Waals surface area contributed by atoms with E-state index in [0.717, 1.165) is 24.2 Å².